The van der Waals surface area contributed by atoms with Crippen LogP contribution in [-0.4, -0.2) is 28.8 Å². The number of hydrogen-bond acceptors (Lipinski definition) is 5. The summed E-state index contributed by atoms with van der Waals surface area (Å²) < 4.78 is 5.37. The zero-order valence-electron chi connectivity index (χ0n) is 13.0. The van der Waals surface area contributed by atoms with Crippen molar-refractivity contribution in [2.24, 2.45) is 4.99 Å². The van der Waals surface area contributed by atoms with Crippen LogP contribution in [0.1, 0.15) is 38.2 Å². The highest BCUT2D eigenvalue weighted by atomic mass is 32.2. The first-order valence-electron chi connectivity index (χ1n) is 7.90. The van der Waals surface area contributed by atoms with E-state index >= 15 is 0 Å². The number of carbonyl (C=O) groups excluding carboxylic acids is 1. The van der Waals surface area contributed by atoms with Crippen molar-refractivity contribution in [1.29, 1.82) is 0 Å². The quantitative estimate of drug-likeness (QED) is 0.830. The monoisotopic (exact) mass is 332 g/mol. The zero-order chi connectivity index (χ0) is 16.2. The van der Waals surface area contributed by atoms with Gasteiger partial charge in [0.1, 0.15) is 0 Å². The fourth-order valence-corrected chi connectivity index (χ4v) is 3.62. The van der Waals surface area contributed by atoms with E-state index in [0.29, 0.717) is 28.5 Å². The summed E-state index contributed by atoms with van der Waals surface area (Å²) in [7, 11) is 0. The van der Waals surface area contributed by atoms with Crippen molar-refractivity contribution in [3.05, 3.63) is 28.7 Å². The van der Waals surface area contributed by atoms with Gasteiger partial charge in [-0.2, -0.15) is 0 Å². The SMILES string of the molecule is CCOc1cc(/C=C2\SC(=NC3CCCC3)NC2=O)ccc1O. The molecule has 6 heteroatoms. The Kier molecular flexibility index (Phi) is 4.91. The van der Waals surface area contributed by atoms with Gasteiger partial charge in [0.15, 0.2) is 16.7 Å². The second-order valence-corrected chi connectivity index (χ2v) is 6.63. The lowest BCUT2D eigenvalue weighted by Gasteiger charge is -2.06. The van der Waals surface area contributed by atoms with Gasteiger partial charge in [-0.25, -0.2) is 0 Å². The third-order valence-corrected chi connectivity index (χ3v) is 4.78. The van der Waals surface area contributed by atoms with Crippen LogP contribution in [0.4, 0.5) is 0 Å². The van der Waals surface area contributed by atoms with Gasteiger partial charge in [0.05, 0.1) is 17.6 Å². The highest BCUT2D eigenvalue weighted by molar-refractivity contribution is 8.18. The summed E-state index contributed by atoms with van der Waals surface area (Å²) in [5.41, 5.74) is 0.811. The van der Waals surface area contributed by atoms with E-state index in [0.717, 1.165) is 18.4 Å². The highest BCUT2D eigenvalue weighted by Gasteiger charge is 2.25. The maximum atomic E-state index is 12.1. The zero-order valence-corrected chi connectivity index (χ0v) is 13.9. The smallest absolute Gasteiger partial charge is 0.264 e. The first kappa shape index (κ1) is 15.9. The molecule has 122 valence electrons. The third-order valence-electron chi connectivity index (χ3n) is 3.86. The molecule has 1 aliphatic carbocycles. The first-order valence-corrected chi connectivity index (χ1v) is 8.72. The molecule has 2 aliphatic rings. The van der Waals surface area contributed by atoms with Crippen LogP contribution in [0.5, 0.6) is 11.5 Å². The second-order valence-electron chi connectivity index (χ2n) is 5.60. The average molecular weight is 332 g/mol. The van der Waals surface area contributed by atoms with E-state index in [9.17, 15) is 9.90 Å². The Morgan fingerprint density at radius 3 is 2.96 bits per heavy atom. The summed E-state index contributed by atoms with van der Waals surface area (Å²) >= 11 is 1.37. The van der Waals surface area contributed by atoms with Crippen LogP contribution in [0.15, 0.2) is 28.1 Å². The number of ether oxygens (including phenoxy) is 1. The standard InChI is InChI=1S/C17H20N2O3S/c1-2-22-14-9-11(7-8-13(14)20)10-15-16(21)19-17(23-15)18-12-5-3-4-6-12/h7-10,12,20H,2-6H2,1H3,(H,18,19,21)/b15-10-. The summed E-state index contributed by atoms with van der Waals surface area (Å²) in [5, 5.41) is 13.2. The number of thioether (sulfide) groups is 1. The number of carbonyl (C=O) groups is 1. The number of amides is 1. The number of nitrogens with zero attached hydrogens (tertiary/aromatic N) is 1. The molecule has 0 spiro atoms. The molecule has 1 heterocycles. The van der Waals surface area contributed by atoms with E-state index in [4.69, 9.17) is 4.74 Å². The molecule has 1 aromatic rings. The van der Waals surface area contributed by atoms with Crippen LogP contribution in [0.2, 0.25) is 0 Å². The molecule has 1 aromatic carbocycles. The Bertz CT molecular complexity index is 664. The lowest BCUT2D eigenvalue weighted by molar-refractivity contribution is -0.115. The van der Waals surface area contributed by atoms with Crippen molar-refractivity contribution >= 4 is 28.9 Å². The fraction of sp³-hybridized carbons (Fsp3) is 0.412. The van der Waals surface area contributed by atoms with Crippen molar-refractivity contribution < 1.29 is 14.6 Å². The third kappa shape index (κ3) is 3.88. The molecule has 0 bridgehead atoms. The molecule has 1 saturated carbocycles. The van der Waals surface area contributed by atoms with E-state index in [1.807, 2.05) is 6.92 Å². The summed E-state index contributed by atoms with van der Waals surface area (Å²) in [4.78, 5) is 17.3. The molecule has 2 fully saturated rings. The van der Waals surface area contributed by atoms with Crippen molar-refractivity contribution in [3.8, 4) is 11.5 Å². The summed E-state index contributed by atoms with van der Waals surface area (Å²) in [6, 6.07) is 5.40. The molecule has 0 unspecified atom stereocenters. The number of rotatable bonds is 4. The normalized spacial score (nSPS) is 22.0. The number of phenols is 1. The van der Waals surface area contributed by atoms with Crippen molar-refractivity contribution in [3.63, 3.8) is 0 Å². The minimum absolute atomic E-state index is 0.0982. The van der Waals surface area contributed by atoms with Gasteiger partial charge in [0.25, 0.3) is 5.91 Å². The van der Waals surface area contributed by atoms with Gasteiger partial charge in [0, 0.05) is 0 Å². The molecular weight excluding hydrogens is 312 g/mol. The Morgan fingerprint density at radius 1 is 1.43 bits per heavy atom. The van der Waals surface area contributed by atoms with E-state index < -0.39 is 0 Å². The Morgan fingerprint density at radius 2 is 2.22 bits per heavy atom. The lowest BCUT2D eigenvalue weighted by Crippen LogP contribution is -2.21. The fourth-order valence-electron chi connectivity index (χ4n) is 2.73. The molecule has 23 heavy (non-hydrogen) atoms. The van der Waals surface area contributed by atoms with Gasteiger partial charge >= 0.3 is 0 Å². The Labute approximate surface area is 139 Å². The molecule has 0 radical (unpaired) electrons. The van der Waals surface area contributed by atoms with E-state index in [-0.39, 0.29) is 11.7 Å². The molecule has 0 aromatic heterocycles. The average Bonchev–Trinajstić information content (AvgIpc) is 3.14. The number of benzene rings is 1. The van der Waals surface area contributed by atoms with Crippen LogP contribution >= 0.6 is 11.8 Å². The van der Waals surface area contributed by atoms with Crippen LogP contribution in [0.25, 0.3) is 6.08 Å². The van der Waals surface area contributed by atoms with Gasteiger partial charge in [-0.3, -0.25) is 9.79 Å². The molecule has 0 atom stereocenters. The summed E-state index contributed by atoms with van der Waals surface area (Å²) in [5.74, 6) is 0.392. The van der Waals surface area contributed by atoms with Crippen LogP contribution in [0, 0.1) is 0 Å². The number of amidine groups is 1. The number of hydrogen-bond donors (Lipinski definition) is 2. The maximum Gasteiger partial charge on any atom is 0.264 e. The van der Waals surface area contributed by atoms with Gasteiger partial charge in [-0.05, 0) is 55.3 Å². The summed E-state index contributed by atoms with van der Waals surface area (Å²) in [6.07, 6.45) is 6.44. The maximum absolute atomic E-state index is 12.1. The van der Waals surface area contributed by atoms with Crippen LogP contribution in [0.3, 0.4) is 0 Å². The number of nitrogens with one attached hydrogen (secondary N) is 1. The van der Waals surface area contributed by atoms with Gasteiger partial charge in [-0.15, -0.1) is 0 Å². The highest BCUT2D eigenvalue weighted by Crippen LogP contribution is 2.32. The molecule has 1 amide bonds. The predicted molar refractivity (Wildman–Crippen MR) is 92.7 cm³/mol. The first-order chi connectivity index (χ1) is 11.2. The number of phenolic OH excluding ortho intramolecular Hbond substituents is 1. The molecule has 2 N–H and O–H groups in total. The van der Waals surface area contributed by atoms with E-state index in [1.54, 1.807) is 24.3 Å². The van der Waals surface area contributed by atoms with Crippen molar-refractivity contribution in [2.45, 2.75) is 38.6 Å². The second kappa shape index (κ2) is 7.08. The number of aromatic hydroxyl groups is 1. The topological polar surface area (TPSA) is 70.9 Å². The molecule has 1 aliphatic heterocycles. The van der Waals surface area contributed by atoms with E-state index in [2.05, 4.69) is 10.3 Å². The Hall–Kier alpha value is -1.95. The predicted octanol–water partition coefficient (Wildman–Crippen LogP) is 3.29. The van der Waals surface area contributed by atoms with Crippen molar-refractivity contribution in [2.75, 3.05) is 6.61 Å². The molecule has 5 nitrogen and oxygen atoms in total. The molecule has 3 rings (SSSR count). The minimum atomic E-state index is -0.127. The summed E-state index contributed by atoms with van der Waals surface area (Å²) in [6.45, 7) is 2.33. The van der Waals surface area contributed by atoms with Crippen LogP contribution < -0.4 is 10.1 Å². The van der Waals surface area contributed by atoms with E-state index in [1.165, 1.54) is 24.6 Å². The molecule has 1 saturated heterocycles. The minimum Gasteiger partial charge on any atom is -0.504 e. The Balaban J connectivity index is 1.77. The lowest BCUT2D eigenvalue weighted by atomic mass is 10.2. The molecular formula is C17H20N2O3S. The van der Waals surface area contributed by atoms with Gasteiger partial charge < -0.3 is 15.2 Å². The largest absolute Gasteiger partial charge is 0.504 e. The van der Waals surface area contributed by atoms with Crippen molar-refractivity contribution in [1.82, 2.24) is 5.32 Å². The van der Waals surface area contributed by atoms with Gasteiger partial charge in [-0.1, -0.05) is 18.9 Å². The number of aliphatic imine (C=N–C) groups is 1. The van der Waals surface area contributed by atoms with Gasteiger partial charge in [0.2, 0.25) is 0 Å². The van der Waals surface area contributed by atoms with Crippen LogP contribution in [-0.2, 0) is 4.79 Å².